The second-order valence-electron chi connectivity index (χ2n) is 4.38. The Bertz CT molecular complexity index is 222. The second kappa shape index (κ2) is 13.8. The zero-order valence-electron chi connectivity index (χ0n) is 12.0. The molecule has 0 aromatic carbocycles. The molecule has 0 unspecified atom stereocenters. The van der Waals surface area contributed by atoms with Gasteiger partial charge in [-0.25, -0.2) is 12.5 Å². The first-order valence-corrected chi connectivity index (χ1v) is 10.4. The van der Waals surface area contributed by atoms with Gasteiger partial charge in [0.2, 0.25) is 0 Å². The average Bonchev–Trinajstić information content (AvgIpc) is 2.38. The minimum Gasteiger partial charge on any atom is -0.301 e. The molecule has 0 fully saturated rings. The van der Waals surface area contributed by atoms with Gasteiger partial charge in [0.15, 0.2) is 0 Å². The van der Waals surface area contributed by atoms with Gasteiger partial charge in [-0.15, -0.1) is 0 Å². The van der Waals surface area contributed by atoms with Crippen molar-refractivity contribution in [3.8, 4) is 0 Å². The molecule has 0 rings (SSSR count). The molecule has 0 spiro atoms. The van der Waals surface area contributed by atoms with Crippen LogP contribution in [0, 0.1) is 0 Å². The number of hydrogen-bond acceptors (Lipinski definition) is 5. The topological polar surface area (TPSA) is 55.8 Å². The third-order valence-corrected chi connectivity index (χ3v) is 5.72. The van der Waals surface area contributed by atoms with E-state index in [0.717, 1.165) is 61.3 Å². The first kappa shape index (κ1) is 19.8. The highest BCUT2D eigenvalue weighted by molar-refractivity contribution is 8.01. The lowest BCUT2D eigenvalue weighted by molar-refractivity contribution is 0.323. The molecule has 0 amide bonds. The fourth-order valence-electron chi connectivity index (χ4n) is 1.40. The van der Waals surface area contributed by atoms with Crippen LogP contribution >= 0.6 is 31.9 Å². The highest BCUT2D eigenvalue weighted by atomic mass is 32.2. The van der Waals surface area contributed by atoms with Crippen LogP contribution < -0.4 is 0 Å². The van der Waals surface area contributed by atoms with Gasteiger partial charge in [-0.3, -0.25) is 0 Å². The molecular weight excluding hydrogens is 303 g/mol. The van der Waals surface area contributed by atoms with Gasteiger partial charge in [0.25, 0.3) is 0 Å². The van der Waals surface area contributed by atoms with Gasteiger partial charge in [-0.1, -0.05) is 52.4 Å². The van der Waals surface area contributed by atoms with Crippen molar-refractivity contribution >= 4 is 31.9 Å². The molecule has 116 valence electrons. The maximum atomic E-state index is 11.5. The molecule has 0 aliphatic rings. The molecule has 0 aliphatic carbocycles. The zero-order valence-corrected chi connectivity index (χ0v) is 14.5. The van der Waals surface area contributed by atoms with E-state index in [0.29, 0.717) is 0 Å². The maximum Gasteiger partial charge on any atom is 0.494 e. The molecule has 1 N–H and O–H groups in total. The summed E-state index contributed by atoms with van der Waals surface area (Å²) in [4.78, 5) is 9.39. The van der Waals surface area contributed by atoms with Crippen LogP contribution in [0.5, 0.6) is 0 Å². The predicted molar refractivity (Wildman–Crippen MR) is 85.2 cm³/mol. The molecule has 0 saturated carbocycles. The van der Waals surface area contributed by atoms with Crippen LogP contribution in [-0.2, 0) is 12.5 Å². The fraction of sp³-hybridized carbons (Fsp3) is 1.00. The summed E-state index contributed by atoms with van der Waals surface area (Å²) in [5.74, 6) is 1.46. The highest BCUT2D eigenvalue weighted by Crippen LogP contribution is 2.50. The molecule has 0 aromatic rings. The van der Waals surface area contributed by atoms with Crippen LogP contribution in [0.4, 0.5) is 0 Å². The molecule has 0 bridgehead atoms. The first-order chi connectivity index (χ1) is 9.12. The lowest BCUT2D eigenvalue weighted by Gasteiger charge is -2.09. The summed E-state index contributed by atoms with van der Waals surface area (Å²) in [6, 6.07) is 0. The van der Waals surface area contributed by atoms with E-state index in [1.54, 1.807) is 0 Å². The van der Waals surface area contributed by atoms with Crippen molar-refractivity contribution in [2.45, 2.75) is 65.2 Å². The van der Waals surface area contributed by atoms with Crippen molar-refractivity contribution in [3.05, 3.63) is 0 Å². The van der Waals surface area contributed by atoms with E-state index in [2.05, 4.69) is 13.8 Å². The normalized spacial score (nSPS) is 11.9. The summed E-state index contributed by atoms with van der Waals surface area (Å²) in [5, 5.41) is 0. The van der Waals surface area contributed by atoms with Crippen LogP contribution in [0.1, 0.15) is 65.2 Å². The molecule has 19 heavy (non-hydrogen) atoms. The molecule has 0 saturated heterocycles. The summed E-state index contributed by atoms with van der Waals surface area (Å²) >= 11 is 2.06. The third kappa shape index (κ3) is 15.0. The van der Waals surface area contributed by atoms with Crippen LogP contribution in [0.15, 0.2) is 0 Å². The van der Waals surface area contributed by atoms with Gasteiger partial charge >= 0.3 is 7.82 Å². The Morgan fingerprint density at radius 2 is 1.26 bits per heavy atom. The second-order valence-corrected chi connectivity index (χ2v) is 7.80. The lowest BCUT2D eigenvalue weighted by Crippen LogP contribution is -1.88. The molecule has 7 heteroatoms. The number of phosphoric acid groups is 1. The van der Waals surface area contributed by atoms with Gasteiger partial charge in [0, 0.05) is 35.6 Å². The van der Waals surface area contributed by atoms with E-state index >= 15 is 0 Å². The lowest BCUT2D eigenvalue weighted by atomic mass is 10.2. The minimum atomic E-state index is -3.88. The predicted octanol–water partition coefficient (Wildman–Crippen LogP) is 5.58. The summed E-state index contributed by atoms with van der Waals surface area (Å²) in [7, 11) is -3.88. The molecule has 0 aromatic heterocycles. The summed E-state index contributed by atoms with van der Waals surface area (Å²) in [6.07, 6.45) is 9.03. The smallest absolute Gasteiger partial charge is 0.301 e. The van der Waals surface area contributed by atoms with Crippen molar-refractivity contribution in [3.63, 3.8) is 0 Å². The number of hydrogen-bond donors (Lipinski definition) is 1. The van der Waals surface area contributed by atoms with E-state index in [9.17, 15) is 9.46 Å². The van der Waals surface area contributed by atoms with Crippen LogP contribution in [0.3, 0.4) is 0 Å². The Balaban J connectivity index is 3.39. The van der Waals surface area contributed by atoms with Crippen molar-refractivity contribution in [2.24, 2.45) is 0 Å². The van der Waals surface area contributed by atoms with Crippen molar-refractivity contribution in [2.75, 3.05) is 11.5 Å². The molecule has 4 nitrogen and oxygen atoms in total. The summed E-state index contributed by atoms with van der Waals surface area (Å²) < 4.78 is 21.1. The minimum absolute atomic E-state index is 0.731. The number of unbranched alkanes of at least 4 members (excludes halogenated alkanes) is 6. The first-order valence-electron chi connectivity index (χ1n) is 7.07. The Hall–Kier alpha value is 0.810. The largest absolute Gasteiger partial charge is 0.494 e. The average molecular weight is 330 g/mol. The van der Waals surface area contributed by atoms with Gasteiger partial charge in [-0.05, 0) is 12.8 Å². The Morgan fingerprint density at radius 1 is 0.842 bits per heavy atom. The Labute approximate surface area is 126 Å². The van der Waals surface area contributed by atoms with E-state index in [4.69, 9.17) is 7.94 Å². The van der Waals surface area contributed by atoms with Gasteiger partial charge in [-0.2, -0.15) is 0 Å². The maximum absolute atomic E-state index is 11.5. The zero-order chi connectivity index (χ0) is 14.4. The van der Waals surface area contributed by atoms with E-state index in [1.807, 2.05) is 0 Å². The SMILES string of the molecule is CCCCCCSOP(=O)(O)OSCCCCCC. The van der Waals surface area contributed by atoms with Crippen molar-refractivity contribution in [1.82, 2.24) is 0 Å². The van der Waals surface area contributed by atoms with Crippen molar-refractivity contribution < 1.29 is 17.4 Å². The van der Waals surface area contributed by atoms with Crippen molar-refractivity contribution in [1.29, 1.82) is 0 Å². The van der Waals surface area contributed by atoms with Crippen LogP contribution in [0.2, 0.25) is 0 Å². The number of rotatable bonds is 14. The van der Waals surface area contributed by atoms with Crippen LogP contribution in [0.25, 0.3) is 0 Å². The standard InChI is InChI=1S/C12H27O4PS2/c1-3-5-7-9-11-18-15-17(13,14)16-19-12-10-8-6-4-2/h3-12H2,1-2H3,(H,13,14). The quantitative estimate of drug-likeness (QED) is 0.255. The van der Waals surface area contributed by atoms with Gasteiger partial charge < -0.3 is 4.89 Å². The third-order valence-electron chi connectivity index (χ3n) is 2.46. The molecule has 0 radical (unpaired) electrons. The Kier molecular flexibility index (Phi) is 14.4. The van der Waals surface area contributed by atoms with Gasteiger partial charge in [0.05, 0.1) is 0 Å². The van der Waals surface area contributed by atoms with E-state index in [-0.39, 0.29) is 0 Å². The summed E-state index contributed by atoms with van der Waals surface area (Å²) in [5.41, 5.74) is 0. The molecule has 0 atom stereocenters. The molecule has 0 aliphatic heterocycles. The van der Waals surface area contributed by atoms with E-state index in [1.165, 1.54) is 25.7 Å². The molecule has 0 heterocycles. The van der Waals surface area contributed by atoms with Gasteiger partial charge in [0.1, 0.15) is 0 Å². The molecular formula is C12H27O4PS2. The Morgan fingerprint density at radius 3 is 1.63 bits per heavy atom. The highest BCUT2D eigenvalue weighted by Gasteiger charge is 2.22. The summed E-state index contributed by atoms with van der Waals surface area (Å²) in [6.45, 7) is 4.30. The monoisotopic (exact) mass is 330 g/mol. The fourth-order valence-corrected chi connectivity index (χ4v) is 4.02. The van der Waals surface area contributed by atoms with Crippen LogP contribution in [-0.4, -0.2) is 16.4 Å². The van der Waals surface area contributed by atoms with E-state index < -0.39 is 7.82 Å².